The maximum absolute atomic E-state index is 5.76. The van der Waals surface area contributed by atoms with Crippen molar-refractivity contribution in [1.29, 1.82) is 0 Å². The minimum Gasteiger partial charge on any atom is -0.399 e. The maximum Gasteiger partial charge on any atom is 0.0326 e. The van der Waals surface area contributed by atoms with Gasteiger partial charge in [-0.05, 0) is 48.2 Å². The highest BCUT2D eigenvalue weighted by atomic mass is 14.5. The summed E-state index contributed by atoms with van der Waals surface area (Å²) in [6, 6.07) is 14.3. The van der Waals surface area contributed by atoms with Crippen molar-refractivity contribution in [2.75, 3.05) is 5.73 Å². The van der Waals surface area contributed by atoms with Crippen LogP contribution in [0.15, 0.2) is 42.5 Å². The Balaban J connectivity index is 2.37. The molecule has 96 valence electrons. The van der Waals surface area contributed by atoms with Crippen LogP contribution in [-0.2, 0) is 12.8 Å². The van der Waals surface area contributed by atoms with Gasteiger partial charge in [0.15, 0.2) is 0 Å². The van der Waals surface area contributed by atoms with Crippen LogP contribution in [-0.4, -0.2) is 0 Å². The first-order chi connectivity index (χ1) is 9.22. The molecule has 0 bridgehead atoms. The summed E-state index contributed by atoms with van der Waals surface area (Å²) in [5.41, 5.74) is 11.2. The molecule has 0 aliphatic carbocycles. The van der Waals surface area contributed by atoms with E-state index in [-0.39, 0.29) is 0 Å². The Kier molecular flexibility index (Phi) is 4.26. The van der Waals surface area contributed by atoms with E-state index in [4.69, 9.17) is 5.73 Å². The lowest BCUT2D eigenvalue weighted by Gasteiger charge is -2.04. The zero-order valence-corrected chi connectivity index (χ0v) is 11.5. The summed E-state index contributed by atoms with van der Waals surface area (Å²) >= 11 is 0. The van der Waals surface area contributed by atoms with Gasteiger partial charge < -0.3 is 5.73 Å². The summed E-state index contributed by atoms with van der Waals surface area (Å²) in [4.78, 5) is 0. The van der Waals surface area contributed by atoms with Crippen molar-refractivity contribution in [3.8, 4) is 11.8 Å². The fraction of sp³-hybridized carbons (Fsp3) is 0.222. The lowest BCUT2D eigenvalue weighted by atomic mass is 10.0. The van der Waals surface area contributed by atoms with Gasteiger partial charge in [-0.25, -0.2) is 0 Å². The van der Waals surface area contributed by atoms with Gasteiger partial charge in [0.2, 0.25) is 0 Å². The van der Waals surface area contributed by atoms with Crippen LogP contribution in [0.25, 0.3) is 0 Å². The Morgan fingerprint density at radius 3 is 2.47 bits per heavy atom. The molecule has 0 aromatic heterocycles. The Morgan fingerprint density at radius 2 is 1.79 bits per heavy atom. The smallest absolute Gasteiger partial charge is 0.0326 e. The molecule has 2 aromatic rings. The molecule has 2 rings (SSSR count). The molecule has 0 heterocycles. The van der Waals surface area contributed by atoms with E-state index < -0.39 is 0 Å². The number of benzene rings is 2. The fourth-order valence-electron chi connectivity index (χ4n) is 2.02. The van der Waals surface area contributed by atoms with Gasteiger partial charge in [0.1, 0.15) is 0 Å². The zero-order valence-electron chi connectivity index (χ0n) is 11.5. The average Bonchev–Trinajstić information content (AvgIpc) is 2.45. The third kappa shape index (κ3) is 3.39. The minimum atomic E-state index is 0.754. The molecule has 2 aromatic carbocycles. The molecular weight excluding hydrogens is 230 g/mol. The van der Waals surface area contributed by atoms with Crippen molar-refractivity contribution in [2.24, 2.45) is 0 Å². The van der Waals surface area contributed by atoms with Gasteiger partial charge in [0.25, 0.3) is 0 Å². The molecule has 0 aliphatic heterocycles. The van der Waals surface area contributed by atoms with Crippen molar-refractivity contribution in [3.63, 3.8) is 0 Å². The lowest BCUT2D eigenvalue weighted by molar-refractivity contribution is 1.09. The van der Waals surface area contributed by atoms with E-state index in [9.17, 15) is 0 Å². The summed E-state index contributed by atoms with van der Waals surface area (Å²) < 4.78 is 0. The second kappa shape index (κ2) is 6.11. The van der Waals surface area contributed by atoms with Crippen molar-refractivity contribution < 1.29 is 0 Å². The van der Waals surface area contributed by atoms with Crippen LogP contribution in [0.3, 0.4) is 0 Å². The summed E-state index contributed by atoms with van der Waals surface area (Å²) in [5.74, 6) is 6.47. The topological polar surface area (TPSA) is 26.0 Å². The van der Waals surface area contributed by atoms with E-state index in [0.717, 1.165) is 29.7 Å². The molecule has 0 unspecified atom stereocenters. The number of nitrogen functional groups attached to an aromatic ring is 1. The van der Waals surface area contributed by atoms with Crippen LogP contribution in [0, 0.1) is 11.8 Å². The van der Waals surface area contributed by atoms with E-state index >= 15 is 0 Å². The van der Waals surface area contributed by atoms with Crippen molar-refractivity contribution in [2.45, 2.75) is 26.7 Å². The molecule has 0 amide bonds. The van der Waals surface area contributed by atoms with Gasteiger partial charge in [-0.15, -0.1) is 0 Å². The lowest BCUT2D eigenvalue weighted by Crippen LogP contribution is -1.91. The molecule has 0 fully saturated rings. The predicted octanol–water partition coefficient (Wildman–Crippen LogP) is 3.79. The minimum absolute atomic E-state index is 0.754. The molecule has 0 aliphatic rings. The monoisotopic (exact) mass is 249 g/mol. The molecule has 2 N–H and O–H groups in total. The maximum atomic E-state index is 5.76. The number of aryl methyl sites for hydroxylation is 2. The second-order valence-electron chi connectivity index (χ2n) is 4.57. The second-order valence-corrected chi connectivity index (χ2v) is 4.57. The van der Waals surface area contributed by atoms with Gasteiger partial charge in [-0.3, -0.25) is 0 Å². The summed E-state index contributed by atoms with van der Waals surface area (Å²) in [6.07, 6.45) is 2.04. The first-order valence-corrected chi connectivity index (χ1v) is 6.72. The van der Waals surface area contributed by atoms with Gasteiger partial charge in [0, 0.05) is 16.8 Å². The molecule has 0 saturated carbocycles. The van der Waals surface area contributed by atoms with Crippen LogP contribution < -0.4 is 5.73 Å². The number of hydrogen-bond acceptors (Lipinski definition) is 1. The van der Waals surface area contributed by atoms with Crippen molar-refractivity contribution in [3.05, 3.63) is 64.7 Å². The largest absolute Gasteiger partial charge is 0.399 e. The molecule has 1 heteroatoms. The molecule has 0 spiro atoms. The standard InChI is InChI=1S/C18H19N/c1-3-14-8-10-16(4-2)17(12-14)11-9-15-6-5-7-18(19)13-15/h5-8,10,12-13H,3-4,19H2,1-2H3. The molecule has 19 heavy (non-hydrogen) atoms. The number of hydrogen-bond donors (Lipinski definition) is 1. The van der Waals surface area contributed by atoms with Gasteiger partial charge in [0.05, 0.1) is 0 Å². The van der Waals surface area contributed by atoms with Gasteiger partial charge >= 0.3 is 0 Å². The predicted molar refractivity (Wildman–Crippen MR) is 82.0 cm³/mol. The van der Waals surface area contributed by atoms with Crippen LogP contribution in [0.5, 0.6) is 0 Å². The summed E-state index contributed by atoms with van der Waals surface area (Å²) in [6.45, 7) is 4.32. The van der Waals surface area contributed by atoms with E-state index in [1.165, 1.54) is 11.1 Å². The fourth-order valence-corrected chi connectivity index (χ4v) is 2.02. The van der Waals surface area contributed by atoms with Gasteiger partial charge in [-0.1, -0.05) is 43.9 Å². The summed E-state index contributed by atoms with van der Waals surface area (Å²) in [7, 11) is 0. The number of nitrogens with two attached hydrogens (primary N) is 1. The third-order valence-electron chi connectivity index (χ3n) is 3.19. The van der Waals surface area contributed by atoms with Crippen LogP contribution in [0.4, 0.5) is 5.69 Å². The van der Waals surface area contributed by atoms with Crippen LogP contribution >= 0.6 is 0 Å². The van der Waals surface area contributed by atoms with Crippen LogP contribution in [0.2, 0.25) is 0 Å². The molecule has 0 saturated heterocycles. The highest BCUT2D eigenvalue weighted by molar-refractivity contribution is 5.51. The van der Waals surface area contributed by atoms with E-state index in [1.54, 1.807) is 0 Å². The van der Waals surface area contributed by atoms with Crippen LogP contribution in [0.1, 0.15) is 36.1 Å². The highest BCUT2D eigenvalue weighted by Crippen LogP contribution is 2.13. The Morgan fingerprint density at radius 1 is 0.947 bits per heavy atom. The number of rotatable bonds is 2. The normalized spacial score (nSPS) is 9.79. The third-order valence-corrected chi connectivity index (χ3v) is 3.19. The van der Waals surface area contributed by atoms with Gasteiger partial charge in [-0.2, -0.15) is 0 Å². The first kappa shape index (κ1) is 13.2. The Labute approximate surface area is 115 Å². The average molecular weight is 249 g/mol. The highest BCUT2D eigenvalue weighted by Gasteiger charge is 1.99. The van der Waals surface area contributed by atoms with E-state index in [2.05, 4.69) is 43.9 Å². The SMILES string of the molecule is CCc1ccc(CC)c(C#Cc2cccc(N)c2)c1. The molecule has 1 nitrogen and oxygen atoms in total. The molecule has 0 atom stereocenters. The van der Waals surface area contributed by atoms with E-state index in [1.807, 2.05) is 24.3 Å². The number of anilines is 1. The molecular formula is C18H19N. The van der Waals surface area contributed by atoms with Crippen molar-refractivity contribution >= 4 is 5.69 Å². The quantitative estimate of drug-likeness (QED) is 0.636. The first-order valence-electron chi connectivity index (χ1n) is 6.72. The summed E-state index contributed by atoms with van der Waals surface area (Å²) in [5, 5.41) is 0. The van der Waals surface area contributed by atoms with E-state index in [0.29, 0.717) is 0 Å². The Hall–Kier alpha value is -2.20. The Bertz CT molecular complexity index is 630. The zero-order chi connectivity index (χ0) is 13.7. The van der Waals surface area contributed by atoms with Crippen molar-refractivity contribution in [1.82, 2.24) is 0 Å². The molecule has 0 radical (unpaired) electrons.